The van der Waals surface area contributed by atoms with Gasteiger partial charge in [-0.1, -0.05) is 35.3 Å². The first-order chi connectivity index (χ1) is 10.5. The second-order valence-corrected chi connectivity index (χ2v) is 4.93. The van der Waals surface area contributed by atoms with E-state index < -0.39 is 24.3 Å². The molecule has 0 saturated carbocycles. The van der Waals surface area contributed by atoms with Gasteiger partial charge in [0.25, 0.3) is 5.91 Å². The number of pyridine rings is 1. The summed E-state index contributed by atoms with van der Waals surface area (Å²) in [6.45, 7) is -0.603. The number of hydrogen-bond acceptors (Lipinski definition) is 4. The van der Waals surface area contributed by atoms with Gasteiger partial charge in [0, 0.05) is 6.20 Å². The fourth-order valence-corrected chi connectivity index (χ4v) is 1.94. The quantitative estimate of drug-likeness (QED) is 0.865. The number of carbonyl (C=O) groups excluding carboxylic acids is 2. The summed E-state index contributed by atoms with van der Waals surface area (Å²) >= 11 is 11.5. The summed E-state index contributed by atoms with van der Waals surface area (Å²) in [5.41, 5.74) is -0.252. The Labute approximate surface area is 135 Å². The van der Waals surface area contributed by atoms with Crippen LogP contribution in [0, 0.1) is 5.82 Å². The van der Waals surface area contributed by atoms with Crippen LogP contribution in [0.15, 0.2) is 36.5 Å². The molecule has 0 atom stereocenters. The van der Waals surface area contributed by atoms with Gasteiger partial charge < -0.3 is 10.1 Å². The number of anilines is 1. The van der Waals surface area contributed by atoms with E-state index in [2.05, 4.69) is 10.3 Å². The highest BCUT2D eigenvalue weighted by molar-refractivity contribution is 6.36. The van der Waals surface area contributed by atoms with Crippen LogP contribution in [0.3, 0.4) is 0 Å². The van der Waals surface area contributed by atoms with Gasteiger partial charge in [-0.15, -0.1) is 0 Å². The zero-order valence-corrected chi connectivity index (χ0v) is 12.5. The molecule has 1 aromatic carbocycles. The topological polar surface area (TPSA) is 68.3 Å². The molecule has 0 radical (unpaired) electrons. The van der Waals surface area contributed by atoms with E-state index in [1.54, 1.807) is 0 Å². The predicted octanol–water partition coefficient (Wildman–Crippen LogP) is 3.32. The third kappa shape index (κ3) is 4.16. The standard InChI is InChI=1S/C14H9Cl2FN2O3/c15-8-5-10(16)13(18-6-8)19-12(20)7-22-14(21)9-3-1-2-4-11(9)17/h1-6H,7H2,(H,18,19,20). The molecule has 22 heavy (non-hydrogen) atoms. The second-order valence-electron chi connectivity index (χ2n) is 4.09. The van der Waals surface area contributed by atoms with Gasteiger partial charge in [0.1, 0.15) is 5.82 Å². The molecule has 8 heteroatoms. The summed E-state index contributed by atoms with van der Waals surface area (Å²) in [6.07, 6.45) is 1.30. The lowest BCUT2D eigenvalue weighted by Crippen LogP contribution is -2.22. The molecule has 0 aliphatic heterocycles. The number of benzene rings is 1. The van der Waals surface area contributed by atoms with Gasteiger partial charge in [0.05, 0.1) is 15.6 Å². The molecule has 2 aromatic rings. The molecule has 1 aromatic heterocycles. The van der Waals surface area contributed by atoms with E-state index in [0.29, 0.717) is 5.02 Å². The summed E-state index contributed by atoms with van der Waals surface area (Å²) in [5.74, 6) is -2.25. The summed E-state index contributed by atoms with van der Waals surface area (Å²) in [7, 11) is 0. The van der Waals surface area contributed by atoms with Crippen LogP contribution in [-0.2, 0) is 9.53 Å². The third-order valence-corrected chi connectivity index (χ3v) is 2.99. The molecule has 1 heterocycles. The van der Waals surface area contributed by atoms with Crippen molar-refractivity contribution in [1.82, 2.24) is 4.98 Å². The molecular weight excluding hydrogens is 334 g/mol. The lowest BCUT2D eigenvalue weighted by atomic mass is 10.2. The Hall–Kier alpha value is -2.18. The first-order valence-corrected chi connectivity index (χ1v) is 6.75. The predicted molar refractivity (Wildman–Crippen MR) is 79.6 cm³/mol. The number of aromatic nitrogens is 1. The van der Waals surface area contributed by atoms with Crippen LogP contribution < -0.4 is 5.32 Å². The molecule has 2 rings (SSSR count). The zero-order valence-electron chi connectivity index (χ0n) is 11.0. The lowest BCUT2D eigenvalue weighted by Gasteiger charge is -2.07. The van der Waals surface area contributed by atoms with Gasteiger partial charge in [-0.25, -0.2) is 14.2 Å². The van der Waals surface area contributed by atoms with Gasteiger partial charge in [-0.05, 0) is 18.2 Å². The molecule has 0 aliphatic rings. The molecule has 0 aliphatic carbocycles. The maximum atomic E-state index is 13.4. The molecule has 0 bridgehead atoms. The van der Waals surface area contributed by atoms with E-state index in [0.717, 1.165) is 6.07 Å². The molecule has 0 unspecified atom stereocenters. The molecule has 0 saturated heterocycles. The molecule has 1 amide bonds. The Morgan fingerprint density at radius 3 is 2.68 bits per heavy atom. The smallest absolute Gasteiger partial charge is 0.341 e. The Morgan fingerprint density at radius 2 is 2.00 bits per heavy atom. The number of halogens is 3. The monoisotopic (exact) mass is 342 g/mol. The van der Waals surface area contributed by atoms with Crippen molar-refractivity contribution in [1.29, 1.82) is 0 Å². The first-order valence-electron chi connectivity index (χ1n) is 6.00. The average Bonchev–Trinajstić information content (AvgIpc) is 2.48. The van der Waals surface area contributed by atoms with Crippen molar-refractivity contribution in [2.45, 2.75) is 0 Å². The van der Waals surface area contributed by atoms with Crippen LogP contribution in [0.5, 0.6) is 0 Å². The molecule has 0 spiro atoms. The van der Waals surface area contributed by atoms with Crippen molar-refractivity contribution < 1.29 is 18.7 Å². The molecule has 114 valence electrons. The second kappa shape index (κ2) is 7.20. The Morgan fingerprint density at radius 1 is 1.27 bits per heavy atom. The number of ether oxygens (including phenoxy) is 1. The van der Waals surface area contributed by atoms with Crippen LogP contribution in [0.1, 0.15) is 10.4 Å². The summed E-state index contributed by atoms with van der Waals surface area (Å²) in [5, 5.41) is 2.80. The number of carbonyl (C=O) groups is 2. The van der Waals surface area contributed by atoms with E-state index in [9.17, 15) is 14.0 Å². The highest BCUT2D eigenvalue weighted by atomic mass is 35.5. The highest BCUT2D eigenvalue weighted by Crippen LogP contribution is 2.22. The molecule has 1 N–H and O–H groups in total. The van der Waals surface area contributed by atoms with Crippen LogP contribution in [0.4, 0.5) is 10.2 Å². The van der Waals surface area contributed by atoms with Crippen LogP contribution in [0.2, 0.25) is 10.0 Å². The van der Waals surface area contributed by atoms with E-state index in [1.807, 2.05) is 0 Å². The van der Waals surface area contributed by atoms with E-state index in [-0.39, 0.29) is 16.4 Å². The van der Waals surface area contributed by atoms with Crippen LogP contribution >= 0.6 is 23.2 Å². The minimum absolute atomic E-state index is 0.0815. The highest BCUT2D eigenvalue weighted by Gasteiger charge is 2.15. The van der Waals surface area contributed by atoms with Crippen molar-refractivity contribution >= 4 is 40.9 Å². The Balaban J connectivity index is 1.93. The zero-order chi connectivity index (χ0) is 16.1. The molecule has 5 nitrogen and oxygen atoms in total. The number of rotatable bonds is 4. The SMILES string of the molecule is O=C(COC(=O)c1ccccc1F)Nc1ncc(Cl)cc1Cl. The van der Waals surface area contributed by atoms with Gasteiger partial charge in [-0.3, -0.25) is 4.79 Å². The number of amides is 1. The number of esters is 1. The van der Waals surface area contributed by atoms with Gasteiger partial charge in [0.15, 0.2) is 12.4 Å². The maximum absolute atomic E-state index is 13.4. The third-order valence-electron chi connectivity index (χ3n) is 2.49. The van der Waals surface area contributed by atoms with Gasteiger partial charge in [-0.2, -0.15) is 0 Å². The van der Waals surface area contributed by atoms with Crippen molar-refractivity contribution in [3.63, 3.8) is 0 Å². The maximum Gasteiger partial charge on any atom is 0.341 e. The Kier molecular flexibility index (Phi) is 5.30. The van der Waals surface area contributed by atoms with Crippen molar-refractivity contribution in [2.75, 3.05) is 11.9 Å². The van der Waals surface area contributed by atoms with E-state index >= 15 is 0 Å². The molecular formula is C14H9Cl2FN2O3. The molecule has 0 fully saturated rings. The normalized spacial score (nSPS) is 10.1. The fraction of sp³-hybridized carbons (Fsp3) is 0.0714. The largest absolute Gasteiger partial charge is 0.452 e. The fourth-order valence-electron chi connectivity index (χ4n) is 1.51. The minimum Gasteiger partial charge on any atom is -0.452 e. The minimum atomic E-state index is -0.941. The number of nitrogens with one attached hydrogen (secondary N) is 1. The van der Waals surface area contributed by atoms with Crippen LogP contribution in [0.25, 0.3) is 0 Å². The average molecular weight is 343 g/mol. The Bertz CT molecular complexity index is 725. The van der Waals surface area contributed by atoms with Crippen molar-refractivity contribution in [3.05, 3.63) is 58.0 Å². The van der Waals surface area contributed by atoms with Crippen molar-refractivity contribution in [3.8, 4) is 0 Å². The summed E-state index contributed by atoms with van der Waals surface area (Å²) in [4.78, 5) is 27.1. The summed E-state index contributed by atoms with van der Waals surface area (Å²) in [6, 6.07) is 6.70. The summed E-state index contributed by atoms with van der Waals surface area (Å²) < 4.78 is 18.1. The van der Waals surface area contributed by atoms with Gasteiger partial charge in [0.2, 0.25) is 0 Å². The van der Waals surface area contributed by atoms with Gasteiger partial charge >= 0.3 is 5.97 Å². The van der Waals surface area contributed by atoms with E-state index in [1.165, 1.54) is 30.5 Å². The van der Waals surface area contributed by atoms with E-state index in [4.69, 9.17) is 27.9 Å². The van der Waals surface area contributed by atoms with Crippen molar-refractivity contribution in [2.24, 2.45) is 0 Å². The number of hydrogen-bond donors (Lipinski definition) is 1. The van der Waals surface area contributed by atoms with Crippen LogP contribution in [-0.4, -0.2) is 23.5 Å². The number of nitrogens with zero attached hydrogens (tertiary/aromatic N) is 1. The first kappa shape index (κ1) is 16.2. The lowest BCUT2D eigenvalue weighted by molar-refractivity contribution is -0.119.